The molecule has 1 unspecified atom stereocenters. The summed E-state index contributed by atoms with van der Waals surface area (Å²) in [6.07, 6.45) is 0. The smallest absolute Gasteiger partial charge is 0.236 e. The van der Waals surface area contributed by atoms with E-state index in [1.165, 1.54) is 0 Å². The van der Waals surface area contributed by atoms with Crippen LogP contribution in [0, 0.1) is 0 Å². The average Bonchev–Trinajstić information content (AvgIpc) is 2.42. The van der Waals surface area contributed by atoms with Crippen molar-refractivity contribution in [3.63, 3.8) is 0 Å². The molecule has 1 aromatic carbocycles. The van der Waals surface area contributed by atoms with Gasteiger partial charge in [-0.1, -0.05) is 12.1 Å². The number of nitrogens with one attached hydrogen (secondary N) is 1. The molecule has 1 amide bonds. The van der Waals surface area contributed by atoms with Gasteiger partial charge in [-0.2, -0.15) is 0 Å². The van der Waals surface area contributed by atoms with Crippen molar-refractivity contribution >= 4 is 5.91 Å². The van der Waals surface area contributed by atoms with Crippen LogP contribution in [-0.4, -0.2) is 43.1 Å². The summed E-state index contributed by atoms with van der Waals surface area (Å²) in [6.45, 7) is 5.72. The number of carbonyl (C=O) groups excluding carboxylic acids is 1. The maximum absolute atomic E-state index is 11.4. The summed E-state index contributed by atoms with van der Waals surface area (Å²) in [7, 11) is 0. The van der Waals surface area contributed by atoms with Crippen LogP contribution in [-0.2, 0) is 11.3 Å². The van der Waals surface area contributed by atoms with Crippen LogP contribution in [0.5, 0.6) is 5.75 Å². The molecule has 0 aliphatic carbocycles. The lowest BCUT2D eigenvalue weighted by atomic mass is 10.1. The van der Waals surface area contributed by atoms with Crippen LogP contribution in [0.2, 0.25) is 0 Å². The van der Waals surface area contributed by atoms with Crippen molar-refractivity contribution in [2.45, 2.75) is 19.5 Å². The van der Waals surface area contributed by atoms with Crippen molar-refractivity contribution in [2.75, 3.05) is 26.2 Å². The number of piperazine rings is 1. The Kier molecular flexibility index (Phi) is 4.76. The highest BCUT2D eigenvalue weighted by Gasteiger charge is 2.26. The van der Waals surface area contributed by atoms with E-state index in [1.807, 2.05) is 31.2 Å². The van der Waals surface area contributed by atoms with Crippen LogP contribution in [0.1, 0.15) is 12.5 Å². The Labute approximate surface area is 113 Å². The zero-order valence-electron chi connectivity index (χ0n) is 11.3. The molecule has 1 fully saturated rings. The number of primary amides is 1. The molecule has 1 aliphatic rings. The zero-order valence-corrected chi connectivity index (χ0v) is 11.3. The fourth-order valence-corrected chi connectivity index (χ4v) is 2.31. The molecule has 5 heteroatoms. The van der Waals surface area contributed by atoms with Gasteiger partial charge in [0.2, 0.25) is 5.91 Å². The van der Waals surface area contributed by atoms with Crippen LogP contribution < -0.4 is 15.8 Å². The maximum Gasteiger partial charge on any atom is 0.236 e. The summed E-state index contributed by atoms with van der Waals surface area (Å²) < 4.78 is 5.41. The summed E-state index contributed by atoms with van der Waals surface area (Å²) in [6, 6.07) is 7.76. The highest BCUT2D eigenvalue weighted by molar-refractivity contribution is 5.80. The third-order valence-corrected chi connectivity index (χ3v) is 3.30. The first kappa shape index (κ1) is 13.8. The molecule has 0 spiro atoms. The normalized spacial score (nSPS) is 20.2. The molecule has 1 heterocycles. The zero-order chi connectivity index (χ0) is 13.7. The first-order valence-electron chi connectivity index (χ1n) is 6.66. The number of nitrogens with zero attached hydrogens (tertiary/aromatic N) is 1. The number of hydrogen-bond donors (Lipinski definition) is 2. The molecule has 0 saturated carbocycles. The Morgan fingerprint density at radius 2 is 2.21 bits per heavy atom. The summed E-state index contributed by atoms with van der Waals surface area (Å²) in [4.78, 5) is 13.5. The predicted molar refractivity (Wildman–Crippen MR) is 73.9 cm³/mol. The van der Waals surface area contributed by atoms with Gasteiger partial charge in [0.05, 0.1) is 6.61 Å². The minimum atomic E-state index is -0.266. The molecular weight excluding hydrogens is 242 g/mol. The molecule has 0 radical (unpaired) electrons. The molecule has 1 atom stereocenters. The summed E-state index contributed by atoms with van der Waals surface area (Å²) in [5.74, 6) is 0.608. The number of hydrogen-bond acceptors (Lipinski definition) is 4. The Bertz CT molecular complexity index is 419. The molecule has 1 aromatic rings. The Balaban J connectivity index is 2.00. The molecule has 0 aromatic heterocycles. The largest absolute Gasteiger partial charge is 0.494 e. The van der Waals surface area contributed by atoms with Gasteiger partial charge in [0, 0.05) is 26.2 Å². The van der Waals surface area contributed by atoms with Crippen molar-refractivity contribution in [3.8, 4) is 5.75 Å². The van der Waals surface area contributed by atoms with Crippen LogP contribution in [0.3, 0.4) is 0 Å². The molecule has 19 heavy (non-hydrogen) atoms. The van der Waals surface area contributed by atoms with E-state index < -0.39 is 0 Å². The number of benzene rings is 1. The Morgan fingerprint density at radius 3 is 2.84 bits per heavy atom. The molecular formula is C14H21N3O2. The Morgan fingerprint density at radius 1 is 1.47 bits per heavy atom. The second kappa shape index (κ2) is 6.54. The highest BCUT2D eigenvalue weighted by atomic mass is 16.5. The minimum absolute atomic E-state index is 0.222. The number of amides is 1. The van der Waals surface area contributed by atoms with E-state index in [-0.39, 0.29) is 11.9 Å². The molecule has 1 aliphatic heterocycles. The highest BCUT2D eigenvalue weighted by Crippen LogP contribution is 2.15. The number of ether oxygens (including phenoxy) is 1. The average molecular weight is 263 g/mol. The first-order chi connectivity index (χ1) is 9.20. The van der Waals surface area contributed by atoms with Crippen molar-refractivity contribution in [1.82, 2.24) is 10.2 Å². The lowest BCUT2D eigenvalue weighted by molar-refractivity contribution is -0.124. The van der Waals surface area contributed by atoms with E-state index in [1.54, 1.807) is 0 Å². The third-order valence-electron chi connectivity index (χ3n) is 3.30. The summed E-state index contributed by atoms with van der Waals surface area (Å²) >= 11 is 0. The number of nitrogens with two attached hydrogens (primary N) is 1. The first-order valence-corrected chi connectivity index (χ1v) is 6.66. The van der Waals surface area contributed by atoms with Gasteiger partial charge in [0.15, 0.2) is 0 Å². The van der Waals surface area contributed by atoms with Crippen molar-refractivity contribution in [3.05, 3.63) is 29.8 Å². The summed E-state index contributed by atoms with van der Waals surface area (Å²) in [5.41, 5.74) is 6.60. The van der Waals surface area contributed by atoms with Crippen LogP contribution in [0.25, 0.3) is 0 Å². The van der Waals surface area contributed by atoms with Gasteiger partial charge in [0.1, 0.15) is 11.8 Å². The second-order valence-electron chi connectivity index (χ2n) is 4.67. The summed E-state index contributed by atoms with van der Waals surface area (Å²) in [5, 5.41) is 3.20. The van der Waals surface area contributed by atoms with Gasteiger partial charge in [-0.3, -0.25) is 9.69 Å². The standard InChI is InChI=1S/C14H21N3O2/c1-2-19-12-5-3-11(4-6-12)10-17-8-7-16-9-13(17)14(15)18/h3-6,13,16H,2,7-10H2,1H3,(H2,15,18). The van der Waals surface area contributed by atoms with Crippen LogP contribution in [0.15, 0.2) is 24.3 Å². The van der Waals surface area contributed by atoms with Crippen molar-refractivity contribution in [1.29, 1.82) is 0 Å². The van der Waals surface area contributed by atoms with E-state index in [4.69, 9.17) is 10.5 Å². The molecule has 3 N–H and O–H groups in total. The third kappa shape index (κ3) is 3.68. The molecule has 1 saturated heterocycles. The van der Waals surface area contributed by atoms with Crippen molar-refractivity contribution < 1.29 is 9.53 Å². The van der Waals surface area contributed by atoms with Gasteiger partial charge < -0.3 is 15.8 Å². The van der Waals surface area contributed by atoms with E-state index in [0.717, 1.165) is 30.9 Å². The van der Waals surface area contributed by atoms with Crippen molar-refractivity contribution in [2.24, 2.45) is 5.73 Å². The molecule has 2 rings (SSSR count). The van der Waals surface area contributed by atoms with Gasteiger partial charge in [-0.25, -0.2) is 0 Å². The topological polar surface area (TPSA) is 67.6 Å². The maximum atomic E-state index is 11.4. The lowest BCUT2D eigenvalue weighted by Crippen LogP contribution is -2.56. The molecule has 0 bridgehead atoms. The van der Waals surface area contributed by atoms with Crippen LogP contribution >= 0.6 is 0 Å². The van der Waals surface area contributed by atoms with E-state index in [9.17, 15) is 4.79 Å². The number of rotatable bonds is 5. The molecule has 5 nitrogen and oxygen atoms in total. The van der Waals surface area contributed by atoms with Crippen LogP contribution in [0.4, 0.5) is 0 Å². The molecule has 104 valence electrons. The second-order valence-corrected chi connectivity index (χ2v) is 4.67. The lowest BCUT2D eigenvalue weighted by Gasteiger charge is -2.34. The monoisotopic (exact) mass is 263 g/mol. The Hall–Kier alpha value is -1.59. The van der Waals surface area contributed by atoms with E-state index in [0.29, 0.717) is 13.2 Å². The van der Waals surface area contributed by atoms with E-state index in [2.05, 4.69) is 10.2 Å². The fourth-order valence-electron chi connectivity index (χ4n) is 2.31. The minimum Gasteiger partial charge on any atom is -0.494 e. The van der Waals surface area contributed by atoms with Gasteiger partial charge in [0.25, 0.3) is 0 Å². The van der Waals surface area contributed by atoms with Gasteiger partial charge in [-0.05, 0) is 24.6 Å². The van der Waals surface area contributed by atoms with Gasteiger partial charge in [-0.15, -0.1) is 0 Å². The van der Waals surface area contributed by atoms with Gasteiger partial charge >= 0.3 is 0 Å². The number of carbonyl (C=O) groups is 1. The van der Waals surface area contributed by atoms with E-state index >= 15 is 0 Å². The quantitative estimate of drug-likeness (QED) is 0.804. The SMILES string of the molecule is CCOc1ccc(CN2CCNCC2C(N)=O)cc1. The fraction of sp³-hybridized carbons (Fsp3) is 0.500. The predicted octanol–water partition coefficient (Wildman–Crippen LogP) is 0.344.